The summed E-state index contributed by atoms with van der Waals surface area (Å²) in [6.07, 6.45) is 1.94. The van der Waals surface area contributed by atoms with Crippen LogP contribution in [0.2, 0.25) is 0 Å². The molecular formula is C22H19N3OS. The van der Waals surface area contributed by atoms with Crippen molar-refractivity contribution < 1.29 is 4.79 Å². The van der Waals surface area contributed by atoms with E-state index in [1.807, 2.05) is 58.0 Å². The quantitative estimate of drug-likeness (QED) is 0.633. The van der Waals surface area contributed by atoms with Crippen molar-refractivity contribution in [2.45, 2.75) is 27.7 Å². The lowest BCUT2D eigenvalue weighted by molar-refractivity contribution is -0.110. The summed E-state index contributed by atoms with van der Waals surface area (Å²) in [6, 6.07) is 12.1. The van der Waals surface area contributed by atoms with Crippen LogP contribution in [0.25, 0.3) is 16.7 Å². The maximum atomic E-state index is 12.4. The molecule has 4 nitrogen and oxygen atoms in total. The van der Waals surface area contributed by atoms with Crippen molar-refractivity contribution in [3.05, 3.63) is 68.9 Å². The van der Waals surface area contributed by atoms with E-state index in [1.165, 1.54) is 0 Å². The lowest BCUT2D eigenvalue weighted by atomic mass is 10.0. The molecule has 1 aliphatic rings. The molecule has 0 spiro atoms. The van der Waals surface area contributed by atoms with E-state index in [0.717, 1.165) is 49.2 Å². The summed E-state index contributed by atoms with van der Waals surface area (Å²) >= 11 is 1.63. The third-order valence-electron chi connectivity index (χ3n) is 5.16. The van der Waals surface area contributed by atoms with E-state index in [0.29, 0.717) is 5.57 Å². The number of nitriles is 1. The van der Waals surface area contributed by atoms with Gasteiger partial charge in [-0.15, -0.1) is 11.3 Å². The van der Waals surface area contributed by atoms with Gasteiger partial charge >= 0.3 is 0 Å². The number of anilines is 1. The van der Waals surface area contributed by atoms with Crippen LogP contribution >= 0.6 is 11.3 Å². The Hall–Kier alpha value is -3.10. The minimum Gasteiger partial charge on any atom is -0.321 e. The van der Waals surface area contributed by atoms with E-state index in [-0.39, 0.29) is 5.91 Å². The van der Waals surface area contributed by atoms with Gasteiger partial charge in [-0.25, -0.2) is 0 Å². The molecular weight excluding hydrogens is 354 g/mol. The minimum absolute atomic E-state index is 0.0819. The van der Waals surface area contributed by atoms with Crippen LogP contribution in [0.5, 0.6) is 0 Å². The van der Waals surface area contributed by atoms with Crippen LogP contribution < -0.4 is 5.32 Å². The SMILES string of the molecule is Cc1sc(-n2c(C)cc(/C=C3/C(=O)Nc4ccccc43)c2C)c(C#N)c1C. The first-order valence-corrected chi connectivity index (χ1v) is 9.56. The van der Waals surface area contributed by atoms with Crippen LogP contribution in [0.4, 0.5) is 5.69 Å². The molecule has 1 amide bonds. The molecule has 3 aromatic rings. The number of nitrogens with zero attached hydrogens (tertiary/aromatic N) is 2. The Labute approximate surface area is 162 Å². The average Bonchev–Trinajstić information content (AvgIpc) is 3.21. The maximum Gasteiger partial charge on any atom is 0.256 e. The number of rotatable bonds is 2. The van der Waals surface area contributed by atoms with Gasteiger partial charge in [0, 0.05) is 33.1 Å². The van der Waals surface area contributed by atoms with Gasteiger partial charge in [0.25, 0.3) is 5.91 Å². The molecule has 0 unspecified atom stereocenters. The molecule has 0 saturated heterocycles. The lowest BCUT2D eigenvalue weighted by Gasteiger charge is -2.08. The van der Waals surface area contributed by atoms with Crippen molar-refractivity contribution in [3.63, 3.8) is 0 Å². The highest BCUT2D eigenvalue weighted by Crippen LogP contribution is 2.36. The number of carbonyl (C=O) groups excluding carboxylic acids is 1. The summed E-state index contributed by atoms with van der Waals surface area (Å²) < 4.78 is 2.12. The molecule has 0 fully saturated rings. The fraction of sp³-hybridized carbons (Fsp3) is 0.182. The molecule has 1 aromatic carbocycles. The predicted octanol–water partition coefficient (Wildman–Crippen LogP) is 5.14. The van der Waals surface area contributed by atoms with Crippen molar-refractivity contribution in [2.75, 3.05) is 5.32 Å². The number of amides is 1. The second kappa shape index (κ2) is 6.26. The molecule has 1 N–H and O–H groups in total. The number of para-hydroxylation sites is 1. The Morgan fingerprint density at radius 2 is 1.93 bits per heavy atom. The smallest absolute Gasteiger partial charge is 0.256 e. The fourth-order valence-electron chi connectivity index (χ4n) is 3.58. The van der Waals surface area contributed by atoms with Crippen LogP contribution in [0, 0.1) is 39.0 Å². The molecule has 4 rings (SSSR count). The Bertz CT molecular complexity index is 1170. The number of aryl methyl sites for hydroxylation is 2. The molecule has 5 heteroatoms. The van der Waals surface area contributed by atoms with Crippen molar-refractivity contribution in [1.29, 1.82) is 5.26 Å². The molecule has 0 bridgehead atoms. The number of nitrogens with one attached hydrogen (secondary N) is 1. The average molecular weight is 373 g/mol. The summed E-state index contributed by atoms with van der Waals surface area (Å²) in [5.41, 5.74) is 7.26. The maximum absolute atomic E-state index is 12.4. The van der Waals surface area contributed by atoms with Crippen LogP contribution in [0.15, 0.2) is 30.3 Å². The zero-order chi connectivity index (χ0) is 19.3. The summed E-state index contributed by atoms with van der Waals surface area (Å²) in [4.78, 5) is 13.6. The molecule has 0 aliphatic carbocycles. The first kappa shape index (κ1) is 17.3. The van der Waals surface area contributed by atoms with Gasteiger partial charge in [0.05, 0.1) is 5.56 Å². The highest BCUT2D eigenvalue weighted by molar-refractivity contribution is 7.14. The fourth-order valence-corrected chi connectivity index (χ4v) is 4.80. The number of thiophene rings is 1. The third-order valence-corrected chi connectivity index (χ3v) is 6.35. The zero-order valence-corrected chi connectivity index (χ0v) is 16.5. The highest BCUT2D eigenvalue weighted by atomic mass is 32.1. The van der Waals surface area contributed by atoms with E-state index in [2.05, 4.69) is 22.0 Å². The predicted molar refractivity (Wildman–Crippen MR) is 110 cm³/mol. The standard InChI is InChI=1S/C22H19N3OS/c1-12-9-16(10-18-17-7-5-6-8-20(17)24-21(18)26)14(3)25(12)22-19(11-23)13(2)15(4)27-22/h5-10H,1-4H3,(H,24,26)/b18-10+. The molecule has 27 heavy (non-hydrogen) atoms. The van der Waals surface area contributed by atoms with Crippen LogP contribution in [-0.4, -0.2) is 10.5 Å². The highest BCUT2D eigenvalue weighted by Gasteiger charge is 2.24. The number of hydrogen-bond acceptors (Lipinski definition) is 3. The minimum atomic E-state index is -0.0819. The number of carbonyl (C=O) groups is 1. The summed E-state index contributed by atoms with van der Waals surface area (Å²) in [7, 11) is 0. The monoisotopic (exact) mass is 373 g/mol. The Morgan fingerprint density at radius 1 is 1.19 bits per heavy atom. The number of benzene rings is 1. The second-order valence-corrected chi connectivity index (χ2v) is 8.00. The van der Waals surface area contributed by atoms with E-state index in [1.54, 1.807) is 11.3 Å². The van der Waals surface area contributed by atoms with Crippen LogP contribution in [0.1, 0.15) is 38.5 Å². The number of fused-ring (bicyclic) bond motifs is 1. The van der Waals surface area contributed by atoms with Gasteiger partial charge in [0.1, 0.15) is 11.1 Å². The molecule has 1 aliphatic heterocycles. The summed E-state index contributed by atoms with van der Waals surface area (Å²) in [5, 5.41) is 13.5. The van der Waals surface area contributed by atoms with Crippen LogP contribution in [0.3, 0.4) is 0 Å². The third kappa shape index (κ3) is 2.61. The Kier molecular flexibility index (Phi) is 4.01. The van der Waals surface area contributed by atoms with Gasteiger partial charge in [0.2, 0.25) is 0 Å². The van der Waals surface area contributed by atoms with Gasteiger partial charge in [-0.3, -0.25) is 4.79 Å². The van der Waals surface area contributed by atoms with Gasteiger partial charge in [-0.2, -0.15) is 5.26 Å². The van der Waals surface area contributed by atoms with E-state index in [4.69, 9.17) is 0 Å². The first-order valence-electron chi connectivity index (χ1n) is 8.74. The Balaban J connectivity index is 1.88. The van der Waals surface area contributed by atoms with E-state index < -0.39 is 0 Å². The second-order valence-electron chi connectivity index (χ2n) is 6.79. The number of aromatic nitrogens is 1. The van der Waals surface area contributed by atoms with Crippen LogP contribution in [-0.2, 0) is 4.79 Å². The molecule has 0 radical (unpaired) electrons. The summed E-state index contributed by atoms with van der Waals surface area (Å²) in [6.45, 7) is 8.10. The lowest BCUT2D eigenvalue weighted by Crippen LogP contribution is -2.03. The van der Waals surface area contributed by atoms with Gasteiger partial charge in [0.15, 0.2) is 0 Å². The zero-order valence-electron chi connectivity index (χ0n) is 15.7. The molecule has 0 atom stereocenters. The topological polar surface area (TPSA) is 57.8 Å². The Morgan fingerprint density at radius 3 is 2.67 bits per heavy atom. The molecule has 2 aromatic heterocycles. The van der Waals surface area contributed by atoms with Crippen molar-refractivity contribution in [2.24, 2.45) is 0 Å². The van der Waals surface area contributed by atoms with E-state index in [9.17, 15) is 10.1 Å². The van der Waals surface area contributed by atoms with Gasteiger partial charge in [-0.05, 0) is 57.0 Å². The molecule has 134 valence electrons. The largest absolute Gasteiger partial charge is 0.321 e. The van der Waals surface area contributed by atoms with Crippen molar-refractivity contribution in [3.8, 4) is 11.1 Å². The first-order chi connectivity index (χ1) is 12.9. The van der Waals surface area contributed by atoms with E-state index >= 15 is 0 Å². The molecule has 0 saturated carbocycles. The van der Waals surface area contributed by atoms with Gasteiger partial charge in [-0.1, -0.05) is 18.2 Å². The molecule has 3 heterocycles. The van der Waals surface area contributed by atoms with Crippen molar-refractivity contribution in [1.82, 2.24) is 4.57 Å². The summed E-state index contributed by atoms with van der Waals surface area (Å²) in [5.74, 6) is -0.0819. The van der Waals surface area contributed by atoms with Gasteiger partial charge < -0.3 is 9.88 Å². The normalized spacial score (nSPS) is 14.3. The number of hydrogen-bond donors (Lipinski definition) is 1. The van der Waals surface area contributed by atoms with Crippen molar-refractivity contribution >= 4 is 34.6 Å².